The molecule has 0 aromatic heterocycles. The van der Waals surface area contributed by atoms with Crippen molar-refractivity contribution in [2.75, 3.05) is 5.32 Å². The van der Waals surface area contributed by atoms with E-state index in [2.05, 4.69) is 5.32 Å². The van der Waals surface area contributed by atoms with E-state index in [4.69, 9.17) is 11.5 Å². The highest BCUT2D eigenvalue weighted by Crippen LogP contribution is 2.21. The highest BCUT2D eigenvalue weighted by Gasteiger charge is 2.27. The summed E-state index contributed by atoms with van der Waals surface area (Å²) in [4.78, 5) is 23.2. The summed E-state index contributed by atoms with van der Waals surface area (Å²) in [6, 6.07) is 4.28. The molecule has 0 unspecified atom stereocenters. The van der Waals surface area contributed by atoms with Gasteiger partial charge in [-0.2, -0.15) is 0 Å². The summed E-state index contributed by atoms with van der Waals surface area (Å²) in [6.07, 6.45) is 0. The molecule has 0 aliphatic carbocycles. The summed E-state index contributed by atoms with van der Waals surface area (Å²) in [5.74, 6) is -0.812. The van der Waals surface area contributed by atoms with Gasteiger partial charge in [0.2, 0.25) is 11.8 Å². The second-order valence-electron chi connectivity index (χ2n) is 5.73. The lowest BCUT2D eigenvalue weighted by Crippen LogP contribution is -2.45. The van der Waals surface area contributed by atoms with Gasteiger partial charge < -0.3 is 16.8 Å². The number of benzene rings is 1. The van der Waals surface area contributed by atoms with Crippen molar-refractivity contribution in [1.29, 1.82) is 0 Å². The van der Waals surface area contributed by atoms with Gasteiger partial charge >= 0.3 is 0 Å². The number of hydrogen-bond donors (Lipinski definition) is 3. The molecule has 104 valence electrons. The average molecular weight is 263 g/mol. The molecule has 1 atom stereocenters. The van der Waals surface area contributed by atoms with Crippen LogP contribution < -0.4 is 16.8 Å². The van der Waals surface area contributed by atoms with Gasteiger partial charge in [0.25, 0.3) is 0 Å². The standard InChI is InChI=1S/C14H21N3O2/c1-8-5-6-9(12(16)18)7-10(8)17-13(19)11(15)14(2,3)4/h5-7,11H,15H2,1-4H3,(H2,16,18)(H,17,19)/t11-/m1/s1. The lowest BCUT2D eigenvalue weighted by Gasteiger charge is -2.26. The normalized spacial score (nSPS) is 12.9. The third-order valence-corrected chi connectivity index (χ3v) is 3.00. The molecule has 1 aromatic rings. The number of primary amides is 1. The minimum absolute atomic E-state index is 0.280. The highest BCUT2D eigenvalue weighted by molar-refractivity contribution is 5.98. The number of hydrogen-bond acceptors (Lipinski definition) is 3. The summed E-state index contributed by atoms with van der Waals surface area (Å²) in [6.45, 7) is 7.51. The van der Waals surface area contributed by atoms with E-state index >= 15 is 0 Å². The molecular formula is C14H21N3O2. The Kier molecular flexibility index (Phi) is 4.32. The predicted octanol–water partition coefficient (Wildman–Crippen LogP) is 1.41. The van der Waals surface area contributed by atoms with E-state index in [0.717, 1.165) is 5.56 Å². The van der Waals surface area contributed by atoms with E-state index < -0.39 is 11.9 Å². The maximum absolute atomic E-state index is 12.0. The van der Waals surface area contributed by atoms with E-state index in [9.17, 15) is 9.59 Å². The number of rotatable bonds is 3. The first-order valence-corrected chi connectivity index (χ1v) is 6.10. The van der Waals surface area contributed by atoms with Crippen LogP contribution in [0.15, 0.2) is 18.2 Å². The quantitative estimate of drug-likeness (QED) is 0.768. The smallest absolute Gasteiger partial charge is 0.248 e. The molecule has 0 fully saturated rings. The Balaban J connectivity index is 2.96. The molecule has 0 saturated carbocycles. The Morgan fingerprint density at radius 2 is 1.84 bits per heavy atom. The third-order valence-electron chi connectivity index (χ3n) is 3.00. The molecule has 19 heavy (non-hydrogen) atoms. The maximum atomic E-state index is 12.0. The van der Waals surface area contributed by atoms with E-state index in [0.29, 0.717) is 11.3 Å². The van der Waals surface area contributed by atoms with Crippen molar-refractivity contribution >= 4 is 17.5 Å². The van der Waals surface area contributed by atoms with Crippen LogP contribution in [0.25, 0.3) is 0 Å². The van der Waals surface area contributed by atoms with Crippen LogP contribution in [0, 0.1) is 12.3 Å². The molecule has 0 heterocycles. The second kappa shape index (κ2) is 5.40. The summed E-state index contributed by atoms with van der Waals surface area (Å²) < 4.78 is 0. The van der Waals surface area contributed by atoms with Crippen molar-refractivity contribution in [3.8, 4) is 0 Å². The molecule has 0 aliphatic heterocycles. The van der Waals surface area contributed by atoms with Crippen molar-refractivity contribution in [2.24, 2.45) is 16.9 Å². The van der Waals surface area contributed by atoms with Gasteiger partial charge in [-0.1, -0.05) is 26.8 Å². The number of nitrogens with two attached hydrogens (primary N) is 2. The van der Waals surface area contributed by atoms with Crippen LogP contribution in [0.2, 0.25) is 0 Å². The predicted molar refractivity (Wildman–Crippen MR) is 75.8 cm³/mol. The van der Waals surface area contributed by atoms with Gasteiger partial charge in [0.05, 0.1) is 6.04 Å². The summed E-state index contributed by atoms with van der Waals surface area (Å²) in [7, 11) is 0. The average Bonchev–Trinajstić information content (AvgIpc) is 2.29. The molecular weight excluding hydrogens is 242 g/mol. The molecule has 5 N–H and O–H groups in total. The molecule has 5 nitrogen and oxygen atoms in total. The van der Waals surface area contributed by atoms with Crippen LogP contribution in [-0.4, -0.2) is 17.9 Å². The number of carbonyl (C=O) groups is 2. The molecule has 1 rings (SSSR count). The first-order valence-electron chi connectivity index (χ1n) is 6.10. The van der Waals surface area contributed by atoms with Crippen LogP contribution in [0.3, 0.4) is 0 Å². The van der Waals surface area contributed by atoms with Gasteiger partial charge in [-0.05, 0) is 30.0 Å². The molecule has 0 spiro atoms. The van der Waals surface area contributed by atoms with E-state index in [1.165, 1.54) is 0 Å². The zero-order valence-corrected chi connectivity index (χ0v) is 11.8. The fourth-order valence-corrected chi connectivity index (χ4v) is 1.51. The van der Waals surface area contributed by atoms with Crippen molar-refractivity contribution in [2.45, 2.75) is 33.7 Å². The van der Waals surface area contributed by atoms with Crippen molar-refractivity contribution in [1.82, 2.24) is 0 Å². The highest BCUT2D eigenvalue weighted by atomic mass is 16.2. The van der Waals surface area contributed by atoms with Crippen molar-refractivity contribution < 1.29 is 9.59 Å². The number of carbonyl (C=O) groups excluding carboxylic acids is 2. The summed E-state index contributed by atoms with van der Waals surface area (Å²) in [5, 5.41) is 2.74. The molecule has 1 aromatic carbocycles. The van der Waals surface area contributed by atoms with Crippen LogP contribution in [0.5, 0.6) is 0 Å². The molecule has 5 heteroatoms. The minimum Gasteiger partial charge on any atom is -0.366 e. The van der Waals surface area contributed by atoms with Crippen LogP contribution in [0.4, 0.5) is 5.69 Å². The Bertz CT molecular complexity index is 504. The molecule has 2 amide bonds. The van der Waals surface area contributed by atoms with E-state index in [1.807, 2.05) is 27.7 Å². The lowest BCUT2D eigenvalue weighted by atomic mass is 9.87. The maximum Gasteiger partial charge on any atom is 0.248 e. The Hall–Kier alpha value is -1.88. The van der Waals surface area contributed by atoms with Crippen LogP contribution in [0.1, 0.15) is 36.7 Å². The fraction of sp³-hybridized carbons (Fsp3) is 0.429. The van der Waals surface area contributed by atoms with Gasteiger partial charge in [-0.25, -0.2) is 0 Å². The fourth-order valence-electron chi connectivity index (χ4n) is 1.51. The number of aryl methyl sites for hydroxylation is 1. The largest absolute Gasteiger partial charge is 0.366 e. The SMILES string of the molecule is Cc1ccc(C(N)=O)cc1NC(=O)[C@@H](N)C(C)(C)C. The molecule has 0 bridgehead atoms. The summed E-state index contributed by atoms with van der Waals surface area (Å²) >= 11 is 0. The topological polar surface area (TPSA) is 98.2 Å². The van der Waals surface area contributed by atoms with Crippen LogP contribution in [-0.2, 0) is 4.79 Å². The van der Waals surface area contributed by atoms with Gasteiger partial charge in [-0.15, -0.1) is 0 Å². The number of amides is 2. The first kappa shape index (κ1) is 15.2. The molecule has 0 aliphatic rings. The van der Waals surface area contributed by atoms with Crippen molar-refractivity contribution in [3.05, 3.63) is 29.3 Å². The molecule has 0 saturated heterocycles. The van der Waals surface area contributed by atoms with Gasteiger partial charge in [0, 0.05) is 11.3 Å². The minimum atomic E-state index is -0.635. The van der Waals surface area contributed by atoms with Crippen LogP contribution >= 0.6 is 0 Å². The first-order chi connectivity index (χ1) is 8.62. The lowest BCUT2D eigenvalue weighted by molar-refractivity contribution is -0.119. The van der Waals surface area contributed by atoms with E-state index in [1.54, 1.807) is 18.2 Å². The third kappa shape index (κ3) is 3.79. The van der Waals surface area contributed by atoms with Gasteiger partial charge in [0.15, 0.2) is 0 Å². The Morgan fingerprint density at radius 1 is 1.26 bits per heavy atom. The monoisotopic (exact) mass is 263 g/mol. The number of anilines is 1. The Morgan fingerprint density at radius 3 is 2.32 bits per heavy atom. The second-order valence-corrected chi connectivity index (χ2v) is 5.73. The Labute approximate surface area is 113 Å². The zero-order valence-electron chi connectivity index (χ0n) is 11.8. The summed E-state index contributed by atoms with van der Waals surface area (Å²) in [5.41, 5.74) is 12.5. The molecule has 0 radical (unpaired) electrons. The van der Waals surface area contributed by atoms with Gasteiger partial charge in [-0.3, -0.25) is 9.59 Å². The van der Waals surface area contributed by atoms with Gasteiger partial charge in [0.1, 0.15) is 0 Å². The zero-order chi connectivity index (χ0) is 14.8. The number of nitrogens with one attached hydrogen (secondary N) is 1. The van der Waals surface area contributed by atoms with Crippen molar-refractivity contribution in [3.63, 3.8) is 0 Å². The van der Waals surface area contributed by atoms with E-state index in [-0.39, 0.29) is 11.3 Å².